The van der Waals surface area contributed by atoms with Gasteiger partial charge in [-0.3, -0.25) is 0 Å². The fraction of sp³-hybridized carbons (Fsp3) is 0.444. The van der Waals surface area contributed by atoms with Crippen molar-refractivity contribution in [3.05, 3.63) is 17.8 Å². The van der Waals surface area contributed by atoms with Crippen LogP contribution < -0.4 is 4.74 Å². The summed E-state index contributed by atoms with van der Waals surface area (Å²) < 4.78 is 5.21. The van der Waals surface area contributed by atoms with E-state index in [0.717, 1.165) is 0 Å². The number of carbonyl (C=O) groups is 1. The molecule has 6 nitrogen and oxygen atoms in total. The maximum atomic E-state index is 10.8. The minimum Gasteiger partial charge on any atom is -0.477 e. The largest absolute Gasteiger partial charge is 0.477 e. The SMILES string of the molecule is CN(C)CCOc1nnccc1C(=O)O. The highest BCUT2D eigenvalue weighted by Crippen LogP contribution is 2.12. The molecule has 0 aliphatic rings. The Labute approximate surface area is 87.5 Å². The van der Waals surface area contributed by atoms with Gasteiger partial charge in [-0.25, -0.2) is 4.79 Å². The molecule has 1 heterocycles. The number of aromatic carboxylic acids is 1. The fourth-order valence-corrected chi connectivity index (χ4v) is 0.913. The topological polar surface area (TPSA) is 75.5 Å². The molecular weight excluding hydrogens is 198 g/mol. The lowest BCUT2D eigenvalue weighted by atomic mass is 10.3. The van der Waals surface area contributed by atoms with E-state index in [0.29, 0.717) is 13.2 Å². The Morgan fingerprint density at radius 1 is 1.60 bits per heavy atom. The van der Waals surface area contributed by atoms with Crippen LogP contribution in [-0.4, -0.2) is 53.4 Å². The van der Waals surface area contributed by atoms with Crippen molar-refractivity contribution in [3.63, 3.8) is 0 Å². The second-order valence-corrected chi connectivity index (χ2v) is 3.21. The molecule has 0 bridgehead atoms. The summed E-state index contributed by atoms with van der Waals surface area (Å²) in [6.07, 6.45) is 1.32. The van der Waals surface area contributed by atoms with Crippen molar-refractivity contribution in [2.45, 2.75) is 0 Å². The van der Waals surface area contributed by atoms with Crippen molar-refractivity contribution in [2.24, 2.45) is 0 Å². The predicted molar refractivity (Wildman–Crippen MR) is 53.0 cm³/mol. The number of hydrogen-bond donors (Lipinski definition) is 1. The molecule has 0 saturated carbocycles. The Balaban J connectivity index is 2.63. The molecule has 0 aliphatic carbocycles. The van der Waals surface area contributed by atoms with Crippen LogP contribution in [0.5, 0.6) is 5.88 Å². The number of aromatic nitrogens is 2. The molecule has 0 spiro atoms. The lowest BCUT2D eigenvalue weighted by molar-refractivity contribution is 0.0690. The van der Waals surface area contributed by atoms with Gasteiger partial charge in [0, 0.05) is 6.54 Å². The van der Waals surface area contributed by atoms with Crippen molar-refractivity contribution in [1.29, 1.82) is 0 Å². The lowest BCUT2D eigenvalue weighted by Gasteiger charge is -2.10. The van der Waals surface area contributed by atoms with E-state index in [-0.39, 0.29) is 11.4 Å². The summed E-state index contributed by atoms with van der Waals surface area (Å²) >= 11 is 0. The minimum absolute atomic E-state index is 0.0313. The average molecular weight is 211 g/mol. The van der Waals surface area contributed by atoms with Crippen LogP contribution in [0.1, 0.15) is 10.4 Å². The van der Waals surface area contributed by atoms with E-state index in [1.54, 1.807) is 0 Å². The molecule has 0 atom stereocenters. The molecule has 0 saturated heterocycles. The fourth-order valence-electron chi connectivity index (χ4n) is 0.913. The molecule has 0 amide bonds. The number of rotatable bonds is 5. The highest BCUT2D eigenvalue weighted by Gasteiger charge is 2.12. The molecule has 0 aromatic carbocycles. The first kappa shape index (κ1) is 11.4. The monoisotopic (exact) mass is 211 g/mol. The van der Waals surface area contributed by atoms with E-state index in [1.165, 1.54) is 12.3 Å². The maximum Gasteiger partial charge on any atom is 0.341 e. The summed E-state index contributed by atoms with van der Waals surface area (Å²) in [4.78, 5) is 12.7. The first-order valence-electron chi connectivity index (χ1n) is 4.43. The van der Waals surface area contributed by atoms with Gasteiger partial charge in [0.05, 0.1) is 6.20 Å². The van der Waals surface area contributed by atoms with Gasteiger partial charge in [-0.15, -0.1) is 5.10 Å². The summed E-state index contributed by atoms with van der Waals surface area (Å²) in [5, 5.41) is 16.0. The van der Waals surface area contributed by atoms with E-state index in [9.17, 15) is 4.79 Å². The van der Waals surface area contributed by atoms with Gasteiger partial charge in [-0.2, -0.15) is 5.10 Å². The zero-order valence-electron chi connectivity index (χ0n) is 8.67. The van der Waals surface area contributed by atoms with Gasteiger partial charge >= 0.3 is 5.97 Å². The highest BCUT2D eigenvalue weighted by molar-refractivity contribution is 5.89. The molecule has 1 aromatic rings. The van der Waals surface area contributed by atoms with Gasteiger partial charge in [-0.1, -0.05) is 0 Å². The number of likely N-dealkylation sites (N-methyl/N-ethyl adjacent to an activating group) is 1. The van der Waals surface area contributed by atoms with Crippen LogP contribution in [0.2, 0.25) is 0 Å². The molecule has 0 aliphatic heterocycles. The van der Waals surface area contributed by atoms with E-state index in [1.807, 2.05) is 19.0 Å². The van der Waals surface area contributed by atoms with Crippen molar-refractivity contribution in [3.8, 4) is 5.88 Å². The number of ether oxygens (including phenoxy) is 1. The minimum atomic E-state index is -1.07. The maximum absolute atomic E-state index is 10.8. The van der Waals surface area contributed by atoms with Crippen LogP contribution >= 0.6 is 0 Å². The smallest absolute Gasteiger partial charge is 0.341 e. The molecule has 15 heavy (non-hydrogen) atoms. The summed E-state index contributed by atoms with van der Waals surface area (Å²) in [5.74, 6) is -1.00. The predicted octanol–water partition coefficient (Wildman–Crippen LogP) is 0.115. The highest BCUT2D eigenvalue weighted by atomic mass is 16.5. The molecule has 1 N–H and O–H groups in total. The van der Waals surface area contributed by atoms with Crippen molar-refractivity contribution >= 4 is 5.97 Å². The molecule has 82 valence electrons. The third kappa shape index (κ3) is 3.51. The van der Waals surface area contributed by atoms with Crippen molar-refractivity contribution < 1.29 is 14.6 Å². The molecular formula is C9H13N3O3. The molecule has 0 radical (unpaired) electrons. The van der Waals surface area contributed by atoms with Crippen LogP contribution in [-0.2, 0) is 0 Å². The van der Waals surface area contributed by atoms with Gasteiger partial charge in [0.1, 0.15) is 12.2 Å². The average Bonchev–Trinajstić information content (AvgIpc) is 2.17. The van der Waals surface area contributed by atoms with Crippen LogP contribution in [0.15, 0.2) is 12.3 Å². The zero-order valence-corrected chi connectivity index (χ0v) is 8.67. The lowest BCUT2D eigenvalue weighted by Crippen LogP contribution is -2.20. The van der Waals surface area contributed by atoms with Crippen LogP contribution in [0.3, 0.4) is 0 Å². The van der Waals surface area contributed by atoms with Gasteiger partial charge < -0.3 is 14.7 Å². The molecule has 6 heteroatoms. The summed E-state index contributed by atoms with van der Waals surface area (Å²) in [6.45, 7) is 1.07. The quantitative estimate of drug-likeness (QED) is 0.745. The van der Waals surface area contributed by atoms with Crippen molar-refractivity contribution in [1.82, 2.24) is 15.1 Å². The summed E-state index contributed by atoms with van der Waals surface area (Å²) in [6, 6.07) is 1.36. The van der Waals surface area contributed by atoms with Crippen LogP contribution in [0, 0.1) is 0 Å². The van der Waals surface area contributed by atoms with Gasteiger partial charge in [0.25, 0.3) is 0 Å². The Morgan fingerprint density at radius 2 is 2.33 bits per heavy atom. The third-order valence-corrected chi connectivity index (χ3v) is 1.69. The zero-order chi connectivity index (χ0) is 11.3. The second-order valence-electron chi connectivity index (χ2n) is 3.21. The Morgan fingerprint density at radius 3 is 2.93 bits per heavy atom. The van der Waals surface area contributed by atoms with E-state index < -0.39 is 5.97 Å². The van der Waals surface area contributed by atoms with E-state index in [4.69, 9.17) is 9.84 Å². The number of carboxylic acids is 1. The van der Waals surface area contributed by atoms with E-state index in [2.05, 4.69) is 10.2 Å². The van der Waals surface area contributed by atoms with E-state index >= 15 is 0 Å². The number of carboxylic acid groups (broad SMARTS) is 1. The van der Waals surface area contributed by atoms with Crippen LogP contribution in [0.25, 0.3) is 0 Å². The van der Waals surface area contributed by atoms with Crippen molar-refractivity contribution in [2.75, 3.05) is 27.2 Å². The normalized spacial score (nSPS) is 10.3. The number of nitrogens with zero attached hydrogens (tertiary/aromatic N) is 3. The second kappa shape index (κ2) is 5.26. The molecule has 1 rings (SSSR count). The Kier molecular flexibility index (Phi) is 3.99. The van der Waals surface area contributed by atoms with Gasteiger partial charge in [0.15, 0.2) is 0 Å². The first-order chi connectivity index (χ1) is 7.11. The molecule has 0 unspecified atom stereocenters. The summed E-state index contributed by atoms with van der Waals surface area (Å²) in [7, 11) is 3.80. The Hall–Kier alpha value is -1.69. The standard InChI is InChI=1S/C9H13N3O3/c1-12(2)5-6-15-8-7(9(13)14)3-4-10-11-8/h3-4H,5-6H2,1-2H3,(H,13,14). The Bertz CT molecular complexity index is 341. The third-order valence-electron chi connectivity index (χ3n) is 1.69. The van der Waals surface area contributed by atoms with Gasteiger partial charge in [-0.05, 0) is 20.2 Å². The van der Waals surface area contributed by atoms with Gasteiger partial charge in [0.2, 0.25) is 5.88 Å². The van der Waals surface area contributed by atoms with Crippen LogP contribution in [0.4, 0.5) is 0 Å². The first-order valence-corrected chi connectivity index (χ1v) is 4.43. The molecule has 0 fully saturated rings. The number of hydrogen-bond acceptors (Lipinski definition) is 5. The molecule has 1 aromatic heterocycles. The summed E-state index contributed by atoms with van der Waals surface area (Å²) in [5.41, 5.74) is 0.0313.